The molecule has 1 aliphatic rings. The fraction of sp³-hybridized carbons (Fsp3) is 0.688. The Hall–Kier alpha value is -1.13. The minimum Gasteiger partial charge on any atom is -0.490 e. The summed E-state index contributed by atoms with van der Waals surface area (Å²) in [5.74, 6) is 0.959. The summed E-state index contributed by atoms with van der Waals surface area (Å²) in [5, 5.41) is 3.49. The lowest BCUT2D eigenvalue weighted by Crippen LogP contribution is -2.35. The van der Waals surface area contributed by atoms with E-state index in [2.05, 4.69) is 31.1 Å². The van der Waals surface area contributed by atoms with Gasteiger partial charge in [-0.3, -0.25) is 4.98 Å². The average Bonchev–Trinajstić information content (AvgIpc) is 2.38. The highest BCUT2D eigenvalue weighted by molar-refractivity contribution is 5.33. The van der Waals surface area contributed by atoms with Crippen LogP contribution in [0.15, 0.2) is 12.3 Å². The van der Waals surface area contributed by atoms with Gasteiger partial charge in [0.2, 0.25) is 0 Å². The Morgan fingerprint density at radius 1 is 1.35 bits per heavy atom. The summed E-state index contributed by atoms with van der Waals surface area (Å²) in [6.45, 7) is 10.8. The first-order valence-corrected chi connectivity index (χ1v) is 7.39. The van der Waals surface area contributed by atoms with Gasteiger partial charge in [0.05, 0.1) is 13.2 Å². The largest absolute Gasteiger partial charge is 0.490 e. The van der Waals surface area contributed by atoms with Crippen LogP contribution in [0.3, 0.4) is 0 Å². The van der Waals surface area contributed by atoms with Crippen LogP contribution in [0.25, 0.3) is 0 Å². The highest BCUT2D eigenvalue weighted by Crippen LogP contribution is 2.23. The van der Waals surface area contributed by atoms with Crippen molar-refractivity contribution in [2.45, 2.75) is 58.7 Å². The zero-order valence-electron chi connectivity index (χ0n) is 13.0. The molecule has 20 heavy (non-hydrogen) atoms. The van der Waals surface area contributed by atoms with Gasteiger partial charge in [-0.05, 0) is 27.7 Å². The van der Waals surface area contributed by atoms with Gasteiger partial charge >= 0.3 is 0 Å². The summed E-state index contributed by atoms with van der Waals surface area (Å²) < 4.78 is 11.6. The molecule has 2 heterocycles. The number of nitrogens with one attached hydrogen (secondary N) is 1. The molecule has 1 N–H and O–H groups in total. The van der Waals surface area contributed by atoms with Gasteiger partial charge in [0, 0.05) is 48.4 Å². The van der Waals surface area contributed by atoms with E-state index in [9.17, 15) is 0 Å². The minimum absolute atomic E-state index is 0.0842. The predicted octanol–water partition coefficient (Wildman–Crippen LogP) is 2.84. The Bertz CT molecular complexity index is 435. The molecule has 4 nitrogen and oxygen atoms in total. The topological polar surface area (TPSA) is 43.4 Å². The van der Waals surface area contributed by atoms with E-state index >= 15 is 0 Å². The third-order valence-corrected chi connectivity index (χ3v) is 3.35. The van der Waals surface area contributed by atoms with Crippen LogP contribution >= 0.6 is 0 Å². The van der Waals surface area contributed by atoms with Crippen LogP contribution in [0.1, 0.15) is 44.9 Å². The third-order valence-electron chi connectivity index (χ3n) is 3.35. The summed E-state index contributed by atoms with van der Waals surface area (Å²) in [5.41, 5.74) is 2.20. The van der Waals surface area contributed by atoms with E-state index in [0.29, 0.717) is 0 Å². The van der Waals surface area contributed by atoms with Gasteiger partial charge in [0.1, 0.15) is 11.9 Å². The summed E-state index contributed by atoms with van der Waals surface area (Å²) in [6.07, 6.45) is 4.11. The molecule has 2 rings (SSSR count). The van der Waals surface area contributed by atoms with Crippen molar-refractivity contribution in [2.75, 3.05) is 13.2 Å². The smallest absolute Gasteiger partial charge is 0.127 e. The molecular weight excluding hydrogens is 252 g/mol. The molecule has 1 aliphatic heterocycles. The summed E-state index contributed by atoms with van der Waals surface area (Å²) in [7, 11) is 0. The van der Waals surface area contributed by atoms with Crippen molar-refractivity contribution in [1.82, 2.24) is 10.3 Å². The van der Waals surface area contributed by atoms with Crippen LogP contribution in [0, 0.1) is 6.92 Å². The van der Waals surface area contributed by atoms with Gasteiger partial charge in [-0.2, -0.15) is 0 Å². The van der Waals surface area contributed by atoms with Crippen molar-refractivity contribution >= 4 is 0 Å². The summed E-state index contributed by atoms with van der Waals surface area (Å²) in [6, 6.07) is 2.04. The molecule has 0 aliphatic carbocycles. The zero-order valence-corrected chi connectivity index (χ0v) is 13.0. The van der Waals surface area contributed by atoms with E-state index in [1.165, 1.54) is 0 Å². The Labute approximate surface area is 121 Å². The van der Waals surface area contributed by atoms with E-state index in [1.54, 1.807) is 0 Å². The number of nitrogens with zero attached hydrogens (tertiary/aromatic N) is 1. The van der Waals surface area contributed by atoms with Gasteiger partial charge in [-0.25, -0.2) is 0 Å². The molecule has 0 radical (unpaired) electrons. The highest BCUT2D eigenvalue weighted by atomic mass is 16.5. The fourth-order valence-electron chi connectivity index (χ4n) is 2.14. The van der Waals surface area contributed by atoms with Crippen molar-refractivity contribution in [3.63, 3.8) is 0 Å². The lowest BCUT2D eigenvalue weighted by atomic mass is 10.1. The van der Waals surface area contributed by atoms with Crippen LogP contribution in [-0.2, 0) is 11.3 Å². The van der Waals surface area contributed by atoms with Gasteiger partial charge in [-0.15, -0.1) is 0 Å². The second-order valence-electron chi connectivity index (χ2n) is 6.47. The molecule has 1 saturated heterocycles. The van der Waals surface area contributed by atoms with E-state index in [0.717, 1.165) is 49.6 Å². The van der Waals surface area contributed by atoms with E-state index in [1.807, 2.05) is 19.2 Å². The van der Waals surface area contributed by atoms with E-state index < -0.39 is 0 Å². The van der Waals surface area contributed by atoms with E-state index in [4.69, 9.17) is 9.47 Å². The number of pyridine rings is 1. The molecule has 0 atom stereocenters. The zero-order chi connectivity index (χ0) is 14.6. The van der Waals surface area contributed by atoms with Crippen LogP contribution in [0.4, 0.5) is 0 Å². The third kappa shape index (κ3) is 4.76. The van der Waals surface area contributed by atoms with Crippen molar-refractivity contribution in [3.05, 3.63) is 23.5 Å². The fourth-order valence-corrected chi connectivity index (χ4v) is 2.14. The van der Waals surface area contributed by atoms with Crippen molar-refractivity contribution < 1.29 is 9.47 Å². The quantitative estimate of drug-likeness (QED) is 0.919. The molecule has 112 valence electrons. The SMILES string of the molecule is Cc1cc(OC2CCOCC2)c(CNC(C)(C)C)cn1. The molecule has 0 saturated carbocycles. The highest BCUT2D eigenvalue weighted by Gasteiger charge is 2.18. The van der Waals surface area contributed by atoms with Crippen LogP contribution in [0.5, 0.6) is 5.75 Å². The van der Waals surface area contributed by atoms with Crippen LogP contribution < -0.4 is 10.1 Å². The normalized spacial score (nSPS) is 17.2. The Balaban J connectivity index is 2.06. The number of aromatic nitrogens is 1. The molecule has 1 aromatic rings. The van der Waals surface area contributed by atoms with Crippen molar-refractivity contribution in [2.24, 2.45) is 0 Å². The number of ether oxygens (including phenoxy) is 2. The Kier molecular flexibility index (Phi) is 5.00. The summed E-state index contributed by atoms with van der Waals surface area (Å²) in [4.78, 5) is 4.39. The van der Waals surface area contributed by atoms with Gasteiger partial charge < -0.3 is 14.8 Å². The molecule has 0 unspecified atom stereocenters. The number of aryl methyl sites for hydroxylation is 1. The second kappa shape index (κ2) is 6.55. The average molecular weight is 278 g/mol. The molecule has 4 heteroatoms. The Morgan fingerprint density at radius 2 is 2.05 bits per heavy atom. The molecular formula is C16H26N2O2. The molecule has 0 amide bonds. The predicted molar refractivity (Wildman–Crippen MR) is 80.0 cm³/mol. The maximum absolute atomic E-state index is 6.17. The molecule has 1 fully saturated rings. The van der Waals surface area contributed by atoms with Gasteiger partial charge in [-0.1, -0.05) is 0 Å². The van der Waals surface area contributed by atoms with Crippen molar-refractivity contribution in [1.29, 1.82) is 0 Å². The maximum atomic E-state index is 6.17. The molecule has 0 aromatic carbocycles. The van der Waals surface area contributed by atoms with E-state index in [-0.39, 0.29) is 11.6 Å². The van der Waals surface area contributed by atoms with Crippen molar-refractivity contribution in [3.8, 4) is 5.75 Å². The van der Waals surface area contributed by atoms with Gasteiger partial charge in [0.15, 0.2) is 0 Å². The van der Waals surface area contributed by atoms with Crippen LogP contribution in [0.2, 0.25) is 0 Å². The lowest BCUT2D eigenvalue weighted by Gasteiger charge is -2.26. The first kappa shape index (κ1) is 15.3. The molecule has 0 spiro atoms. The second-order valence-corrected chi connectivity index (χ2v) is 6.47. The van der Waals surface area contributed by atoms with Gasteiger partial charge in [0.25, 0.3) is 0 Å². The summed E-state index contributed by atoms with van der Waals surface area (Å²) >= 11 is 0. The standard InChI is InChI=1S/C16H26N2O2/c1-12-9-15(20-14-5-7-19-8-6-14)13(10-17-12)11-18-16(2,3)4/h9-10,14,18H,5-8,11H2,1-4H3. The maximum Gasteiger partial charge on any atom is 0.127 e. The molecule has 0 bridgehead atoms. The number of rotatable bonds is 4. The lowest BCUT2D eigenvalue weighted by molar-refractivity contribution is 0.0250. The number of hydrogen-bond donors (Lipinski definition) is 1. The number of hydrogen-bond acceptors (Lipinski definition) is 4. The first-order chi connectivity index (χ1) is 9.44. The minimum atomic E-state index is 0.0842. The monoisotopic (exact) mass is 278 g/mol. The Morgan fingerprint density at radius 3 is 2.70 bits per heavy atom. The first-order valence-electron chi connectivity index (χ1n) is 7.39. The molecule has 1 aromatic heterocycles. The van der Waals surface area contributed by atoms with Crippen LogP contribution in [-0.4, -0.2) is 29.8 Å².